The molecule has 0 amide bonds. The first-order valence-electron chi connectivity index (χ1n) is 8.78. The number of rotatable bonds is 3. The van der Waals surface area contributed by atoms with E-state index in [1.54, 1.807) is 0 Å². The number of hydrogen-bond donors (Lipinski definition) is 1. The SMILES string of the molecule is CC(C)C1CCC(c2nc(N)cc(C3CCCC3)n2)CC1. The zero-order valence-corrected chi connectivity index (χ0v) is 13.5. The van der Waals surface area contributed by atoms with Crippen LogP contribution in [-0.2, 0) is 0 Å². The van der Waals surface area contributed by atoms with Gasteiger partial charge in [0, 0.05) is 23.6 Å². The van der Waals surface area contributed by atoms with E-state index in [4.69, 9.17) is 10.7 Å². The zero-order chi connectivity index (χ0) is 14.8. The highest BCUT2D eigenvalue weighted by atomic mass is 15.0. The molecule has 0 bridgehead atoms. The molecular weight excluding hydrogens is 258 g/mol. The van der Waals surface area contributed by atoms with E-state index in [0.29, 0.717) is 17.7 Å². The van der Waals surface area contributed by atoms with E-state index in [9.17, 15) is 0 Å². The molecule has 2 aliphatic rings. The van der Waals surface area contributed by atoms with Crippen molar-refractivity contribution in [2.24, 2.45) is 11.8 Å². The molecule has 1 heterocycles. The van der Waals surface area contributed by atoms with Gasteiger partial charge in [-0.1, -0.05) is 26.7 Å². The molecule has 21 heavy (non-hydrogen) atoms. The van der Waals surface area contributed by atoms with Crippen molar-refractivity contribution in [1.82, 2.24) is 9.97 Å². The van der Waals surface area contributed by atoms with Crippen molar-refractivity contribution < 1.29 is 0 Å². The molecule has 0 atom stereocenters. The first-order chi connectivity index (χ1) is 10.1. The van der Waals surface area contributed by atoms with Gasteiger partial charge in [0.15, 0.2) is 0 Å². The maximum Gasteiger partial charge on any atom is 0.134 e. The molecule has 3 nitrogen and oxygen atoms in total. The van der Waals surface area contributed by atoms with Crippen molar-refractivity contribution in [2.45, 2.75) is 77.0 Å². The van der Waals surface area contributed by atoms with Gasteiger partial charge in [0.2, 0.25) is 0 Å². The van der Waals surface area contributed by atoms with Gasteiger partial charge in [0.25, 0.3) is 0 Å². The van der Waals surface area contributed by atoms with Crippen LogP contribution in [0.5, 0.6) is 0 Å². The smallest absolute Gasteiger partial charge is 0.134 e. The molecule has 0 unspecified atom stereocenters. The van der Waals surface area contributed by atoms with Crippen LogP contribution in [0.3, 0.4) is 0 Å². The van der Waals surface area contributed by atoms with Crippen LogP contribution < -0.4 is 5.73 Å². The van der Waals surface area contributed by atoms with Gasteiger partial charge in [-0.25, -0.2) is 9.97 Å². The van der Waals surface area contributed by atoms with Gasteiger partial charge in [-0.05, 0) is 50.4 Å². The molecule has 2 aliphatic carbocycles. The summed E-state index contributed by atoms with van der Waals surface area (Å²) >= 11 is 0. The van der Waals surface area contributed by atoms with E-state index in [2.05, 4.69) is 18.8 Å². The maximum absolute atomic E-state index is 6.06. The summed E-state index contributed by atoms with van der Waals surface area (Å²) in [6.07, 6.45) is 10.3. The van der Waals surface area contributed by atoms with Crippen molar-refractivity contribution in [3.63, 3.8) is 0 Å². The quantitative estimate of drug-likeness (QED) is 0.880. The minimum Gasteiger partial charge on any atom is -0.384 e. The Morgan fingerprint density at radius 1 is 0.952 bits per heavy atom. The number of nitrogens with zero attached hydrogens (tertiary/aromatic N) is 2. The van der Waals surface area contributed by atoms with E-state index >= 15 is 0 Å². The second kappa shape index (κ2) is 6.33. The minimum absolute atomic E-state index is 0.531. The predicted octanol–water partition coefficient (Wildman–Crippen LogP) is 4.65. The zero-order valence-electron chi connectivity index (χ0n) is 13.5. The monoisotopic (exact) mass is 287 g/mol. The average Bonchev–Trinajstić information content (AvgIpc) is 3.01. The summed E-state index contributed by atoms with van der Waals surface area (Å²) < 4.78 is 0. The van der Waals surface area contributed by atoms with E-state index in [-0.39, 0.29) is 0 Å². The van der Waals surface area contributed by atoms with Crippen LogP contribution >= 0.6 is 0 Å². The fourth-order valence-corrected chi connectivity index (χ4v) is 4.16. The van der Waals surface area contributed by atoms with E-state index in [0.717, 1.165) is 17.7 Å². The van der Waals surface area contributed by atoms with Crippen LogP contribution in [-0.4, -0.2) is 9.97 Å². The maximum atomic E-state index is 6.06. The molecule has 2 fully saturated rings. The van der Waals surface area contributed by atoms with Crippen LogP contribution in [0.25, 0.3) is 0 Å². The molecule has 0 aliphatic heterocycles. The molecular formula is C18H29N3. The number of nitrogens with two attached hydrogens (primary N) is 1. The van der Waals surface area contributed by atoms with E-state index < -0.39 is 0 Å². The normalized spacial score (nSPS) is 27.4. The van der Waals surface area contributed by atoms with Crippen LogP contribution in [0.15, 0.2) is 6.07 Å². The lowest BCUT2D eigenvalue weighted by atomic mass is 9.76. The summed E-state index contributed by atoms with van der Waals surface area (Å²) in [5.74, 6) is 4.55. The standard InChI is InChI=1S/C18H29N3/c1-12(2)13-7-9-15(10-8-13)18-20-16(11-17(19)21-18)14-5-3-4-6-14/h11-15H,3-10H2,1-2H3,(H2,19,20,21). The molecule has 3 heteroatoms. The van der Waals surface area contributed by atoms with Crippen LogP contribution in [0.1, 0.15) is 88.6 Å². The Morgan fingerprint density at radius 3 is 2.24 bits per heavy atom. The molecule has 0 aromatic carbocycles. The molecule has 1 aromatic rings. The Balaban J connectivity index is 1.73. The van der Waals surface area contributed by atoms with Gasteiger partial charge >= 0.3 is 0 Å². The fourth-order valence-electron chi connectivity index (χ4n) is 4.16. The lowest BCUT2D eigenvalue weighted by Crippen LogP contribution is -2.19. The molecule has 0 spiro atoms. The summed E-state index contributed by atoms with van der Waals surface area (Å²) in [5.41, 5.74) is 7.27. The van der Waals surface area contributed by atoms with Crippen molar-refractivity contribution >= 4 is 5.82 Å². The molecule has 116 valence electrons. The highest BCUT2D eigenvalue weighted by Gasteiger charge is 2.27. The minimum atomic E-state index is 0.531. The van der Waals surface area contributed by atoms with Crippen LogP contribution in [0.2, 0.25) is 0 Å². The highest BCUT2D eigenvalue weighted by Crippen LogP contribution is 2.39. The Morgan fingerprint density at radius 2 is 1.62 bits per heavy atom. The van der Waals surface area contributed by atoms with Gasteiger partial charge in [-0.15, -0.1) is 0 Å². The van der Waals surface area contributed by atoms with Gasteiger partial charge in [0.1, 0.15) is 11.6 Å². The van der Waals surface area contributed by atoms with E-state index in [1.807, 2.05) is 6.07 Å². The molecule has 0 radical (unpaired) electrons. The summed E-state index contributed by atoms with van der Waals surface area (Å²) in [6, 6.07) is 2.01. The van der Waals surface area contributed by atoms with Gasteiger partial charge in [0.05, 0.1) is 0 Å². The summed E-state index contributed by atoms with van der Waals surface area (Å²) in [7, 11) is 0. The lowest BCUT2D eigenvalue weighted by molar-refractivity contribution is 0.254. The van der Waals surface area contributed by atoms with Crippen molar-refractivity contribution in [2.75, 3.05) is 5.73 Å². The third kappa shape index (κ3) is 3.38. The lowest BCUT2D eigenvalue weighted by Gasteiger charge is -2.30. The summed E-state index contributed by atoms with van der Waals surface area (Å²) in [6.45, 7) is 4.69. The van der Waals surface area contributed by atoms with Crippen LogP contribution in [0.4, 0.5) is 5.82 Å². The number of anilines is 1. The number of nitrogen functional groups attached to an aromatic ring is 1. The Kier molecular flexibility index (Phi) is 4.46. The number of hydrogen-bond acceptors (Lipinski definition) is 3. The third-order valence-electron chi connectivity index (χ3n) is 5.64. The first-order valence-corrected chi connectivity index (χ1v) is 8.78. The van der Waals surface area contributed by atoms with E-state index in [1.165, 1.54) is 57.1 Å². The topological polar surface area (TPSA) is 51.8 Å². The third-order valence-corrected chi connectivity index (χ3v) is 5.64. The van der Waals surface area contributed by atoms with Crippen molar-refractivity contribution in [1.29, 1.82) is 0 Å². The number of aromatic nitrogens is 2. The second-order valence-electron chi connectivity index (χ2n) is 7.41. The Hall–Kier alpha value is -1.12. The largest absolute Gasteiger partial charge is 0.384 e. The molecule has 1 aromatic heterocycles. The van der Waals surface area contributed by atoms with Crippen LogP contribution in [0, 0.1) is 11.8 Å². The predicted molar refractivity (Wildman–Crippen MR) is 87.2 cm³/mol. The van der Waals surface area contributed by atoms with Crippen molar-refractivity contribution in [3.05, 3.63) is 17.6 Å². The summed E-state index contributed by atoms with van der Waals surface area (Å²) in [5, 5.41) is 0. The average molecular weight is 287 g/mol. The Labute approximate surface area is 128 Å². The summed E-state index contributed by atoms with van der Waals surface area (Å²) in [4.78, 5) is 9.48. The molecule has 2 saturated carbocycles. The highest BCUT2D eigenvalue weighted by molar-refractivity contribution is 5.32. The molecule has 2 N–H and O–H groups in total. The molecule has 0 saturated heterocycles. The second-order valence-corrected chi connectivity index (χ2v) is 7.41. The van der Waals surface area contributed by atoms with Gasteiger partial charge < -0.3 is 5.73 Å². The van der Waals surface area contributed by atoms with Gasteiger partial charge in [-0.2, -0.15) is 0 Å². The first kappa shape index (κ1) is 14.8. The Bertz CT molecular complexity index is 469. The van der Waals surface area contributed by atoms with Gasteiger partial charge in [-0.3, -0.25) is 0 Å². The molecule has 3 rings (SSSR count). The fraction of sp³-hybridized carbons (Fsp3) is 0.778. The van der Waals surface area contributed by atoms with Crippen molar-refractivity contribution in [3.8, 4) is 0 Å².